The predicted molar refractivity (Wildman–Crippen MR) is 168 cm³/mol. The lowest BCUT2D eigenvalue weighted by atomic mass is 10.3. The minimum atomic E-state index is -0.0726. The number of likely N-dealkylation sites (N-methyl/N-ethyl adjacent to an activating group) is 2. The van der Waals surface area contributed by atoms with E-state index >= 15 is 0 Å². The molecule has 2 amide bonds. The van der Waals surface area contributed by atoms with Gasteiger partial charge in [0.05, 0.1) is 26.4 Å². The molecule has 0 saturated carbocycles. The smallest absolute Gasteiger partial charge is 0.276 e. The molecule has 0 aromatic carbocycles. The molecule has 0 atom stereocenters. The van der Waals surface area contributed by atoms with Crippen LogP contribution in [0.4, 0.5) is 0 Å². The van der Waals surface area contributed by atoms with Gasteiger partial charge in [-0.1, -0.05) is 0 Å². The van der Waals surface area contributed by atoms with E-state index in [0.29, 0.717) is 34.7 Å². The maximum absolute atomic E-state index is 13.3. The SMILES string of the molecule is CN1C(=S)N(CCCN2CCOCC2)C(=O)C1=Cc1ccc(C=C2C(=O)N(CCCN3CCOCC3)C(=S)N2C)s1. The Kier molecular flexibility index (Phi) is 10.2. The van der Waals surface area contributed by atoms with Crippen LogP contribution in [-0.4, -0.2) is 144 Å². The van der Waals surface area contributed by atoms with Gasteiger partial charge in [0.2, 0.25) is 0 Å². The molecule has 4 saturated heterocycles. The van der Waals surface area contributed by atoms with E-state index in [1.165, 1.54) is 11.3 Å². The number of amides is 2. The van der Waals surface area contributed by atoms with Crippen molar-refractivity contribution in [3.05, 3.63) is 33.3 Å². The van der Waals surface area contributed by atoms with Crippen LogP contribution in [0, 0.1) is 0 Å². The molecular weight excluding hydrogens is 581 g/mol. The van der Waals surface area contributed by atoms with E-state index in [1.807, 2.05) is 38.4 Å². The third-order valence-corrected chi connectivity index (χ3v) is 9.78. The lowest BCUT2D eigenvalue weighted by Crippen LogP contribution is -2.39. The molecule has 1 aromatic rings. The van der Waals surface area contributed by atoms with E-state index in [0.717, 1.165) is 88.3 Å². The quantitative estimate of drug-likeness (QED) is 0.287. The maximum atomic E-state index is 13.3. The van der Waals surface area contributed by atoms with Crippen LogP contribution < -0.4 is 0 Å². The van der Waals surface area contributed by atoms with Gasteiger partial charge in [0.1, 0.15) is 11.4 Å². The molecule has 4 aliphatic rings. The number of ether oxygens (including phenoxy) is 2. The molecule has 222 valence electrons. The molecule has 5 heterocycles. The van der Waals surface area contributed by atoms with Crippen LogP contribution in [0.2, 0.25) is 0 Å². The van der Waals surface area contributed by atoms with Gasteiger partial charge in [-0.2, -0.15) is 0 Å². The standard InChI is InChI=1S/C28H38N6O4S3/c1-29-23(25(35)33(27(29)39)9-3-7-31-11-15-37-16-12-31)19-21-5-6-22(41-21)20-24-26(36)34(28(40)30(24)2)10-4-8-32-13-17-38-18-14-32/h5-6,19-20H,3-4,7-18H2,1-2H3. The van der Waals surface area contributed by atoms with Gasteiger partial charge in [0, 0.05) is 76.2 Å². The molecule has 0 spiro atoms. The Morgan fingerprint density at radius 1 is 0.707 bits per heavy atom. The number of thiocarbonyl (C=S) groups is 2. The van der Waals surface area contributed by atoms with Crippen molar-refractivity contribution in [3.63, 3.8) is 0 Å². The average molecular weight is 619 g/mol. The molecule has 0 bridgehead atoms. The van der Waals surface area contributed by atoms with Crippen molar-refractivity contribution < 1.29 is 19.1 Å². The fourth-order valence-corrected chi connectivity index (χ4v) is 6.79. The second kappa shape index (κ2) is 13.8. The van der Waals surface area contributed by atoms with Crippen LogP contribution in [0.1, 0.15) is 22.6 Å². The molecule has 1 aromatic heterocycles. The minimum absolute atomic E-state index is 0.0726. The summed E-state index contributed by atoms with van der Waals surface area (Å²) in [4.78, 5) is 40.0. The Hall–Kier alpha value is -2.26. The van der Waals surface area contributed by atoms with Gasteiger partial charge in [-0.3, -0.25) is 29.2 Å². The van der Waals surface area contributed by atoms with Crippen molar-refractivity contribution in [1.82, 2.24) is 29.4 Å². The highest BCUT2D eigenvalue weighted by molar-refractivity contribution is 7.80. The first kappa shape index (κ1) is 30.2. The number of hydrogen-bond acceptors (Lipinski definition) is 9. The van der Waals surface area contributed by atoms with E-state index in [4.69, 9.17) is 33.9 Å². The first-order valence-corrected chi connectivity index (χ1v) is 15.8. The fraction of sp³-hybridized carbons (Fsp3) is 0.571. The lowest BCUT2D eigenvalue weighted by molar-refractivity contribution is -0.123. The van der Waals surface area contributed by atoms with Crippen molar-refractivity contribution in [2.45, 2.75) is 12.8 Å². The van der Waals surface area contributed by atoms with Crippen LogP contribution in [-0.2, 0) is 19.1 Å². The molecule has 0 N–H and O–H groups in total. The summed E-state index contributed by atoms with van der Waals surface area (Å²) in [6.07, 6.45) is 5.48. The highest BCUT2D eigenvalue weighted by atomic mass is 32.1. The number of hydrogen-bond donors (Lipinski definition) is 0. The summed E-state index contributed by atoms with van der Waals surface area (Å²) >= 11 is 12.7. The first-order valence-electron chi connectivity index (χ1n) is 14.2. The van der Waals surface area contributed by atoms with Crippen LogP contribution in [0.15, 0.2) is 23.5 Å². The van der Waals surface area contributed by atoms with Crippen molar-refractivity contribution >= 4 is 70.0 Å². The Balaban J connectivity index is 1.19. The van der Waals surface area contributed by atoms with Crippen LogP contribution in [0.25, 0.3) is 12.2 Å². The normalized spacial score (nSPS) is 23.4. The summed E-state index contributed by atoms with van der Waals surface area (Å²) in [5.74, 6) is -0.145. The zero-order valence-electron chi connectivity index (χ0n) is 23.7. The number of thiophene rings is 1. The van der Waals surface area contributed by atoms with E-state index in [1.54, 1.807) is 19.6 Å². The molecule has 0 unspecified atom stereocenters. The van der Waals surface area contributed by atoms with Gasteiger partial charge in [-0.25, -0.2) is 0 Å². The predicted octanol–water partition coefficient (Wildman–Crippen LogP) is 1.99. The molecule has 5 rings (SSSR count). The zero-order valence-corrected chi connectivity index (χ0v) is 26.2. The van der Waals surface area contributed by atoms with Gasteiger partial charge >= 0.3 is 0 Å². The lowest BCUT2D eigenvalue weighted by Gasteiger charge is -2.27. The van der Waals surface area contributed by atoms with Gasteiger partial charge in [0.25, 0.3) is 11.8 Å². The number of carbonyl (C=O) groups is 2. The molecule has 4 fully saturated rings. The number of morpholine rings is 2. The highest BCUT2D eigenvalue weighted by Crippen LogP contribution is 2.29. The summed E-state index contributed by atoms with van der Waals surface area (Å²) < 4.78 is 10.8. The summed E-state index contributed by atoms with van der Waals surface area (Å²) in [5.41, 5.74) is 1.12. The molecule has 13 heteroatoms. The molecule has 4 aliphatic heterocycles. The third-order valence-electron chi connectivity index (χ3n) is 7.81. The van der Waals surface area contributed by atoms with Crippen LogP contribution in [0.5, 0.6) is 0 Å². The van der Waals surface area contributed by atoms with E-state index < -0.39 is 0 Å². The van der Waals surface area contributed by atoms with E-state index in [-0.39, 0.29) is 11.8 Å². The first-order chi connectivity index (χ1) is 19.8. The second-order valence-corrected chi connectivity index (χ2v) is 12.4. The highest BCUT2D eigenvalue weighted by Gasteiger charge is 2.36. The summed E-state index contributed by atoms with van der Waals surface area (Å²) in [6.45, 7) is 9.81. The summed E-state index contributed by atoms with van der Waals surface area (Å²) in [5, 5.41) is 1.06. The van der Waals surface area contributed by atoms with E-state index in [2.05, 4.69) is 9.80 Å². The number of carbonyl (C=O) groups excluding carboxylic acids is 2. The summed E-state index contributed by atoms with van der Waals surface area (Å²) in [7, 11) is 3.68. The fourth-order valence-electron chi connectivity index (χ4n) is 5.36. The Labute approximate surface area is 256 Å². The maximum Gasteiger partial charge on any atom is 0.276 e. The number of nitrogens with zero attached hydrogens (tertiary/aromatic N) is 6. The Bertz CT molecular complexity index is 1130. The monoisotopic (exact) mass is 618 g/mol. The molecule has 10 nitrogen and oxygen atoms in total. The molecule has 0 radical (unpaired) electrons. The molecule has 41 heavy (non-hydrogen) atoms. The topological polar surface area (TPSA) is 72.0 Å². The van der Waals surface area contributed by atoms with Gasteiger partial charge in [-0.05, 0) is 61.6 Å². The minimum Gasteiger partial charge on any atom is -0.379 e. The molecule has 0 aliphatic carbocycles. The summed E-state index contributed by atoms with van der Waals surface area (Å²) in [6, 6.07) is 3.93. The van der Waals surface area contributed by atoms with E-state index in [9.17, 15) is 9.59 Å². The van der Waals surface area contributed by atoms with Gasteiger partial charge in [-0.15, -0.1) is 11.3 Å². The third kappa shape index (κ3) is 7.04. The molecular formula is C28H38N6O4S3. The average Bonchev–Trinajstić information content (AvgIpc) is 3.58. The van der Waals surface area contributed by atoms with Crippen molar-refractivity contribution in [2.75, 3.05) is 92.9 Å². The van der Waals surface area contributed by atoms with Gasteiger partial charge in [0.15, 0.2) is 10.2 Å². The zero-order chi connectivity index (χ0) is 28.9. The van der Waals surface area contributed by atoms with Crippen LogP contribution >= 0.6 is 35.8 Å². The van der Waals surface area contributed by atoms with Crippen molar-refractivity contribution in [2.24, 2.45) is 0 Å². The van der Waals surface area contributed by atoms with Crippen molar-refractivity contribution in [3.8, 4) is 0 Å². The second-order valence-electron chi connectivity index (χ2n) is 10.5. The van der Waals surface area contributed by atoms with Crippen LogP contribution in [0.3, 0.4) is 0 Å². The van der Waals surface area contributed by atoms with Crippen molar-refractivity contribution in [1.29, 1.82) is 0 Å². The number of rotatable bonds is 10. The van der Waals surface area contributed by atoms with Gasteiger partial charge < -0.3 is 19.3 Å². The Morgan fingerprint density at radius 2 is 1.10 bits per heavy atom. The largest absolute Gasteiger partial charge is 0.379 e. The Morgan fingerprint density at radius 3 is 1.49 bits per heavy atom.